The molecule has 3 fully saturated rings. The number of unbranched alkanes of at least 4 members (excludes halogenated alkanes) is 2. The molecule has 1 spiro atoms. The normalized spacial score (nSPS) is 29.1. The first-order valence-electron chi connectivity index (χ1n) is 16.4. The van der Waals surface area contributed by atoms with E-state index in [0.717, 1.165) is 30.8 Å². The van der Waals surface area contributed by atoms with Crippen molar-refractivity contribution in [3.05, 3.63) is 29.3 Å². The summed E-state index contributed by atoms with van der Waals surface area (Å²) in [5, 5.41) is 9.70. The molecule has 2 nitrogen and oxygen atoms in total. The van der Waals surface area contributed by atoms with Crippen LogP contribution in [-0.4, -0.2) is 53.7 Å². The fourth-order valence-corrected chi connectivity index (χ4v) is 9.45. The van der Waals surface area contributed by atoms with Gasteiger partial charge in [0.2, 0.25) is 0 Å². The minimum atomic E-state index is -5.42. The van der Waals surface area contributed by atoms with Crippen LogP contribution in [0.5, 0.6) is 5.75 Å². The van der Waals surface area contributed by atoms with Gasteiger partial charge in [0, 0.05) is 6.42 Å². The standard InChI is InChI=1S/C20H25FO.C14H26F5NS/c1-19-6-4-14-13-3-2-12(22)10-16(13)18(21)11-15(14)17(19)5-7-20(19)8-9-20;1-3-4-5-9-20(2)10-7-12-21-11-6-8-13(15,16)14(17,18)19/h2-3,10,14-15,17-18,22H,4-9,11H2,1H3;3-12H2,1-2H3. The Morgan fingerprint density at radius 1 is 0.930 bits per heavy atom. The zero-order chi connectivity index (χ0) is 31.5. The topological polar surface area (TPSA) is 23.5 Å². The number of halogens is 6. The highest BCUT2D eigenvalue weighted by Gasteiger charge is 2.66. The van der Waals surface area contributed by atoms with E-state index in [1.807, 2.05) is 13.1 Å². The van der Waals surface area contributed by atoms with Crippen molar-refractivity contribution in [2.75, 3.05) is 31.6 Å². The van der Waals surface area contributed by atoms with E-state index in [4.69, 9.17) is 0 Å². The first-order valence-corrected chi connectivity index (χ1v) is 17.6. The lowest BCUT2D eigenvalue weighted by Crippen LogP contribution is -2.43. The molecule has 0 amide bonds. The van der Waals surface area contributed by atoms with Gasteiger partial charge in [0.05, 0.1) is 0 Å². The molecule has 1 N–H and O–H groups in total. The van der Waals surface area contributed by atoms with Crippen LogP contribution in [0.25, 0.3) is 0 Å². The van der Waals surface area contributed by atoms with E-state index in [2.05, 4.69) is 18.7 Å². The van der Waals surface area contributed by atoms with Gasteiger partial charge >= 0.3 is 12.1 Å². The minimum Gasteiger partial charge on any atom is -0.508 e. The third kappa shape index (κ3) is 7.84. The molecule has 0 saturated heterocycles. The van der Waals surface area contributed by atoms with Crippen molar-refractivity contribution in [2.24, 2.45) is 22.7 Å². The average molecular weight is 636 g/mol. The second-order valence-corrected chi connectivity index (χ2v) is 15.2. The molecule has 246 valence electrons. The molecular formula is C34H51F6NOS. The number of rotatable bonds is 12. The fourth-order valence-electron chi connectivity index (χ4n) is 8.56. The molecule has 9 heteroatoms. The van der Waals surface area contributed by atoms with Crippen molar-refractivity contribution in [3.8, 4) is 5.75 Å². The summed E-state index contributed by atoms with van der Waals surface area (Å²) in [5.41, 5.74) is 3.07. The zero-order valence-corrected chi connectivity index (χ0v) is 26.9. The number of hydrogen-bond donors (Lipinski definition) is 1. The summed E-state index contributed by atoms with van der Waals surface area (Å²) < 4.78 is 75.8. The second kappa shape index (κ2) is 14.1. The Hall–Kier alpha value is -1.09. The Morgan fingerprint density at radius 3 is 2.30 bits per heavy atom. The van der Waals surface area contributed by atoms with Gasteiger partial charge in [-0.15, -0.1) is 0 Å². The summed E-state index contributed by atoms with van der Waals surface area (Å²) in [6.07, 6.45) is 5.73. The quantitative estimate of drug-likeness (QED) is 0.183. The Morgan fingerprint density at radius 2 is 1.63 bits per heavy atom. The number of alkyl halides is 6. The Balaban J connectivity index is 0.000000198. The molecule has 1 aromatic carbocycles. The van der Waals surface area contributed by atoms with Gasteiger partial charge in [-0.2, -0.15) is 33.7 Å². The Kier molecular flexibility index (Phi) is 11.4. The highest BCUT2D eigenvalue weighted by atomic mass is 32.2. The van der Waals surface area contributed by atoms with E-state index in [0.29, 0.717) is 40.8 Å². The van der Waals surface area contributed by atoms with Crippen LogP contribution in [0.2, 0.25) is 0 Å². The van der Waals surface area contributed by atoms with Crippen molar-refractivity contribution in [1.82, 2.24) is 4.90 Å². The Labute approximate surface area is 258 Å². The maximum absolute atomic E-state index is 14.8. The molecule has 0 aliphatic heterocycles. The molecule has 4 aliphatic carbocycles. The number of phenolic OH excluding ortho intramolecular Hbond substituents is 1. The zero-order valence-electron chi connectivity index (χ0n) is 26.1. The highest BCUT2D eigenvalue weighted by Crippen LogP contribution is 2.76. The molecule has 5 atom stereocenters. The Bertz CT molecular complexity index is 1050. The minimum absolute atomic E-state index is 0.108. The van der Waals surface area contributed by atoms with E-state index in [-0.39, 0.29) is 12.2 Å². The number of hydrogen-bond acceptors (Lipinski definition) is 3. The van der Waals surface area contributed by atoms with E-state index in [1.165, 1.54) is 75.1 Å². The van der Waals surface area contributed by atoms with Gasteiger partial charge in [-0.25, -0.2) is 4.39 Å². The van der Waals surface area contributed by atoms with Gasteiger partial charge in [-0.3, -0.25) is 0 Å². The predicted octanol–water partition coefficient (Wildman–Crippen LogP) is 10.7. The van der Waals surface area contributed by atoms with Crippen molar-refractivity contribution in [3.63, 3.8) is 0 Å². The van der Waals surface area contributed by atoms with Crippen molar-refractivity contribution < 1.29 is 31.4 Å². The van der Waals surface area contributed by atoms with Crippen molar-refractivity contribution >= 4 is 11.8 Å². The van der Waals surface area contributed by atoms with Gasteiger partial charge < -0.3 is 10.0 Å². The monoisotopic (exact) mass is 635 g/mol. The van der Waals surface area contributed by atoms with E-state index < -0.39 is 24.7 Å². The van der Waals surface area contributed by atoms with E-state index in [9.17, 15) is 31.4 Å². The molecule has 3 saturated carbocycles. The molecule has 0 bridgehead atoms. The number of thioether (sulfide) groups is 1. The largest absolute Gasteiger partial charge is 0.508 e. The van der Waals surface area contributed by atoms with Gasteiger partial charge in [0.1, 0.15) is 11.9 Å². The molecular weight excluding hydrogens is 584 g/mol. The maximum Gasteiger partial charge on any atom is 0.453 e. The second-order valence-electron chi connectivity index (χ2n) is 14.0. The van der Waals surface area contributed by atoms with Crippen LogP contribution in [0, 0.1) is 22.7 Å². The smallest absolute Gasteiger partial charge is 0.453 e. The molecule has 4 aliphatic rings. The molecule has 0 heterocycles. The first kappa shape index (κ1) is 34.8. The van der Waals surface area contributed by atoms with Gasteiger partial charge in [0.25, 0.3) is 0 Å². The summed E-state index contributed by atoms with van der Waals surface area (Å²) in [4.78, 5) is 2.23. The highest BCUT2D eigenvalue weighted by molar-refractivity contribution is 7.99. The summed E-state index contributed by atoms with van der Waals surface area (Å²) in [6.45, 7) is 6.66. The van der Waals surface area contributed by atoms with Crippen LogP contribution in [0.15, 0.2) is 18.2 Å². The van der Waals surface area contributed by atoms with E-state index >= 15 is 0 Å². The van der Waals surface area contributed by atoms with Crippen LogP contribution in [0.1, 0.15) is 121 Å². The lowest BCUT2D eigenvalue weighted by molar-refractivity contribution is -0.284. The summed E-state index contributed by atoms with van der Waals surface area (Å²) in [5.74, 6) is -1.43. The number of fused-ring (bicyclic) bond motifs is 6. The first-order chi connectivity index (χ1) is 20.2. The predicted molar refractivity (Wildman–Crippen MR) is 164 cm³/mol. The third-order valence-corrected chi connectivity index (χ3v) is 12.4. The van der Waals surface area contributed by atoms with Gasteiger partial charge in [-0.1, -0.05) is 32.8 Å². The lowest BCUT2D eigenvalue weighted by Gasteiger charge is -2.52. The van der Waals surface area contributed by atoms with E-state index in [1.54, 1.807) is 12.1 Å². The van der Waals surface area contributed by atoms with Crippen LogP contribution >= 0.6 is 11.8 Å². The van der Waals surface area contributed by atoms with Crippen LogP contribution in [0.4, 0.5) is 26.3 Å². The van der Waals surface area contributed by atoms with Crippen molar-refractivity contribution in [2.45, 2.75) is 122 Å². The van der Waals surface area contributed by atoms with Crippen LogP contribution in [-0.2, 0) is 0 Å². The molecule has 1 aromatic rings. The molecule has 5 rings (SSSR count). The number of aromatic hydroxyl groups is 1. The fraction of sp³-hybridized carbons (Fsp3) is 0.824. The van der Waals surface area contributed by atoms with Gasteiger partial charge in [-0.05, 0) is 148 Å². The lowest BCUT2D eigenvalue weighted by atomic mass is 9.53. The van der Waals surface area contributed by atoms with Gasteiger partial charge in [0.15, 0.2) is 0 Å². The van der Waals surface area contributed by atoms with Crippen LogP contribution < -0.4 is 0 Å². The molecule has 0 radical (unpaired) electrons. The third-order valence-electron chi connectivity index (χ3n) is 11.3. The number of nitrogens with zero attached hydrogens (tertiary/aromatic N) is 1. The summed E-state index contributed by atoms with van der Waals surface area (Å²) >= 11 is 1.45. The van der Waals surface area contributed by atoms with Crippen LogP contribution in [0.3, 0.4) is 0 Å². The number of phenols is 1. The summed E-state index contributed by atoms with van der Waals surface area (Å²) in [7, 11) is 2.05. The average Bonchev–Trinajstić information content (AvgIpc) is 3.68. The molecule has 43 heavy (non-hydrogen) atoms. The summed E-state index contributed by atoms with van der Waals surface area (Å²) in [6, 6.07) is 5.42. The maximum atomic E-state index is 14.8. The SMILES string of the molecule is CC12CCC3c4ccc(O)cc4C(F)CC3C1CCC21CC1.CCCCCN(C)CCCSCCCC(F)(F)C(F)(F)F. The number of benzene rings is 1. The molecule has 0 aromatic heterocycles. The molecule has 5 unspecified atom stereocenters. The van der Waals surface area contributed by atoms with Crippen molar-refractivity contribution in [1.29, 1.82) is 0 Å².